The molecular formula is C21H26N2O4S2. The molecule has 0 bridgehead atoms. The first-order valence-corrected chi connectivity index (χ1v) is 13.0. The third kappa shape index (κ3) is 4.71. The summed E-state index contributed by atoms with van der Waals surface area (Å²) < 4.78 is 55.5. The highest BCUT2D eigenvalue weighted by atomic mass is 32.2. The van der Waals surface area contributed by atoms with Crippen molar-refractivity contribution in [2.75, 3.05) is 6.54 Å². The molecule has 6 nitrogen and oxygen atoms in total. The van der Waals surface area contributed by atoms with Crippen LogP contribution in [-0.4, -0.2) is 39.8 Å². The molecule has 156 valence electrons. The van der Waals surface area contributed by atoms with Gasteiger partial charge in [0.15, 0.2) is 0 Å². The summed E-state index contributed by atoms with van der Waals surface area (Å²) in [7, 11) is -7.28. The van der Waals surface area contributed by atoms with Crippen molar-refractivity contribution in [1.29, 1.82) is 0 Å². The van der Waals surface area contributed by atoms with E-state index in [1.165, 1.54) is 24.3 Å². The van der Waals surface area contributed by atoms with Crippen molar-refractivity contribution in [1.82, 2.24) is 9.03 Å². The maximum Gasteiger partial charge on any atom is 0.243 e. The van der Waals surface area contributed by atoms with Gasteiger partial charge in [0.05, 0.1) is 9.79 Å². The number of hydrogen-bond acceptors (Lipinski definition) is 4. The average Bonchev–Trinajstić information content (AvgIpc) is 3.52. The minimum atomic E-state index is -3.69. The highest BCUT2D eigenvalue weighted by Crippen LogP contribution is 2.28. The molecule has 29 heavy (non-hydrogen) atoms. The Kier molecular flexibility index (Phi) is 5.79. The number of piperidine rings is 1. The molecule has 1 heterocycles. The summed E-state index contributed by atoms with van der Waals surface area (Å²) in [5.41, 5.74) is 1.12. The molecule has 1 atom stereocenters. The van der Waals surface area contributed by atoms with E-state index < -0.39 is 20.0 Å². The molecule has 8 heteroatoms. The summed E-state index contributed by atoms with van der Waals surface area (Å²) in [5.74, 6) is 0. The second kappa shape index (κ2) is 8.18. The Bertz CT molecular complexity index is 1050. The molecule has 1 saturated carbocycles. The average molecular weight is 435 g/mol. The van der Waals surface area contributed by atoms with Crippen LogP contribution < -0.4 is 4.72 Å². The van der Waals surface area contributed by atoms with Crippen LogP contribution in [-0.2, 0) is 26.5 Å². The Morgan fingerprint density at radius 3 is 2.14 bits per heavy atom. The number of rotatable bonds is 7. The van der Waals surface area contributed by atoms with E-state index >= 15 is 0 Å². The number of nitrogens with one attached hydrogen (secondary N) is 1. The van der Waals surface area contributed by atoms with Gasteiger partial charge in [-0.3, -0.25) is 0 Å². The van der Waals surface area contributed by atoms with Gasteiger partial charge in [-0.15, -0.1) is 0 Å². The molecule has 2 aromatic carbocycles. The fourth-order valence-electron chi connectivity index (χ4n) is 3.80. The van der Waals surface area contributed by atoms with Gasteiger partial charge in [-0.2, -0.15) is 4.31 Å². The lowest BCUT2D eigenvalue weighted by molar-refractivity contribution is 0.251. The van der Waals surface area contributed by atoms with E-state index in [0.717, 1.165) is 37.7 Å². The molecule has 2 aromatic rings. The van der Waals surface area contributed by atoms with E-state index in [4.69, 9.17) is 0 Å². The molecule has 1 N–H and O–H groups in total. The van der Waals surface area contributed by atoms with E-state index in [0.29, 0.717) is 13.0 Å². The number of hydrogen-bond donors (Lipinski definition) is 1. The normalized spacial score (nSPS) is 21.2. The quantitative estimate of drug-likeness (QED) is 0.726. The van der Waals surface area contributed by atoms with Gasteiger partial charge in [0.1, 0.15) is 0 Å². The summed E-state index contributed by atoms with van der Waals surface area (Å²) in [5, 5.41) is 0. The third-order valence-electron chi connectivity index (χ3n) is 5.53. The van der Waals surface area contributed by atoms with Crippen LogP contribution in [0.25, 0.3) is 0 Å². The Hall–Kier alpha value is -1.74. The third-order valence-corrected chi connectivity index (χ3v) is 9.03. The first-order valence-electron chi connectivity index (χ1n) is 10.0. The highest BCUT2D eigenvalue weighted by molar-refractivity contribution is 7.89. The number of benzene rings is 2. The molecule has 4 rings (SSSR count). The largest absolute Gasteiger partial charge is 0.243 e. The van der Waals surface area contributed by atoms with E-state index in [9.17, 15) is 16.8 Å². The van der Waals surface area contributed by atoms with Crippen LogP contribution in [0, 0.1) is 0 Å². The fraction of sp³-hybridized carbons (Fsp3) is 0.429. The van der Waals surface area contributed by atoms with E-state index in [1.54, 1.807) is 4.31 Å². The molecule has 1 aliphatic heterocycles. The van der Waals surface area contributed by atoms with Crippen molar-refractivity contribution < 1.29 is 16.8 Å². The SMILES string of the molecule is O=S(=O)(NC1CC1)c1ccc(S(=O)(=O)N2CCCCC2Cc2ccccc2)cc1. The molecule has 2 aliphatic rings. The number of sulfonamides is 2. The molecule has 0 aromatic heterocycles. The van der Waals surface area contributed by atoms with Crippen molar-refractivity contribution in [2.45, 2.75) is 60.4 Å². The molecule has 1 unspecified atom stereocenters. The van der Waals surface area contributed by atoms with Gasteiger partial charge in [-0.25, -0.2) is 21.6 Å². The Balaban J connectivity index is 1.55. The first-order chi connectivity index (χ1) is 13.9. The molecule has 0 spiro atoms. The van der Waals surface area contributed by atoms with Crippen LogP contribution >= 0.6 is 0 Å². The van der Waals surface area contributed by atoms with Gasteiger partial charge in [-0.05, 0) is 61.9 Å². The molecular weight excluding hydrogens is 408 g/mol. The van der Waals surface area contributed by atoms with E-state index in [2.05, 4.69) is 4.72 Å². The predicted octanol–water partition coefficient (Wildman–Crippen LogP) is 2.91. The molecule has 2 fully saturated rings. The summed E-state index contributed by atoms with van der Waals surface area (Å²) in [6, 6.07) is 15.4. The summed E-state index contributed by atoms with van der Waals surface area (Å²) in [6.07, 6.45) is 5.05. The molecule has 1 saturated heterocycles. The zero-order valence-electron chi connectivity index (χ0n) is 16.2. The molecule has 0 amide bonds. The van der Waals surface area contributed by atoms with Crippen LogP contribution in [0.1, 0.15) is 37.7 Å². The first kappa shape index (κ1) is 20.5. The second-order valence-corrected chi connectivity index (χ2v) is 11.4. The smallest absolute Gasteiger partial charge is 0.208 e. The van der Waals surface area contributed by atoms with Crippen LogP contribution in [0.4, 0.5) is 0 Å². The van der Waals surface area contributed by atoms with Gasteiger partial charge in [-0.1, -0.05) is 36.8 Å². The van der Waals surface area contributed by atoms with Crippen molar-refractivity contribution >= 4 is 20.0 Å². The van der Waals surface area contributed by atoms with Gasteiger partial charge >= 0.3 is 0 Å². The molecule has 0 radical (unpaired) electrons. The predicted molar refractivity (Wildman–Crippen MR) is 111 cm³/mol. The van der Waals surface area contributed by atoms with Crippen LogP contribution in [0.3, 0.4) is 0 Å². The van der Waals surface area contributed by atoms with E-state index in [1.807, 2.05) is 30.3 Å². The lowest BCUT2D eigenvalue weighted by Crippen LogP contribution is -2.44. The Labute approximate surface area is 173 Å². The lowest BCUT2D eigenvalue weighted by Gasteiger charge is -2.35. The van der Waals surface area contributed by atoms with Crippen LogP contribution in [0.15, 0.2) is 64.4 Å². The standard InChI is InChI=1S/C21H26N2O4S2/c24-28(25,22-18-9-10-18)20-11-13-21(14-12-20)29(26,27)23-15-5-4-8-19(23)16-17-6-2-1-3-7-17/h1-3,6-7,11-14,18-19,22H,4-5,8-10,15-16H2. The fourth-order valence-corrected chi connectivity index (χ4v) is 6.79. The van der Waals surface area contributed by atoms with Crippen molar-refractivity contribution in [2.24, 2.45) is 0 Å². The highest BCUT2D eigenvalue weighted by Gasteiger charge is 2.34. The van der Waals surface area contributed by atoms with Crippen molar-refractivity contribution in [3.63, 3.8) is 0 Å². The van der Waals surface area contributed by atoms with Gasteiger partial charge in [0.25, 0.3) is 0 Å². The Morgan fingerprint density at radius 1 is 0.828 bits per heavy atom. The number of nitrogens with zero attached hydrogens (tertiary/aromatic N) is 1. The minimum Gasteiger partial charge on any atom is -0.208 e. The maximum absolute atomic E-state index is 13.3. The van der Waals surface area contributed by atoms with Gasteiger partial charge in [0, 0.05) is 18.6 Å². The summed E-state index contributed by atoms with van der Waals surface area (Å²) in [4.78, 5) is 0.241. The van der Waals surface area contributed by atoms with Crippen LogP contribution in [0.2, 0.25) is 0 Å². The zero-order chi connectivity index (χ0) is 20.5. The summed E-state index contributed by atoms with van der Waals surface area (Å²) in [6.45, 7) is 0.489. The zero-order valence-corrected chi connectivity index (χ0v) is 17.8. The van der Waals surface area contributed by atoms with E-state index in [-0.39, 0.29) is 21.9 Å². The summed E-state index contributed by atoms with van der Waals surface area (Å²) >= 11 is 0. The second-order valence-electron chi connectivity index (χ2n) is 7.82. The Morgan fingerprint density at radius 2 is 1.48 bits per heavy atom. The topological polar surface area (TPSA) is 83.5 Å². The van der Waals surface area contributed by atoms with Crippen LogP contribution in [0.5, 0.6) is 0 Å². The molecule has 1 aliphatic carbocycles. The van der Waals surface area contributed by atoms with Crippen molar-refractivity contribution in [3.05, 3.63) is 60.2 Å². The minimum absolute atomic E-state index is 0.00973. The monoisotopic (exact) mass is 434 g/mol. The van der Waals surface area contributed by atoms with Gasteiger partial charge < -0.3 is 0 Å². The maximum atomic E-state index is 13.3. The van der Waals surface area contributed by atoms with Gasteiger partial charge in [0.2, 0.25) is 20.0 Å². The lowest BCUT2D eigenvalue weighted by atomic mass is 9.98. The van der Waals surface area contributed by atoms with Crippen molar-refractivity contribution in [3.8, 4) is 0 Å².